The molecule has 1 heterocycles. The highest BCUT2D eigenvalue weighted by atomic mass is 32.2. The first-order valence-corrected chi connectivity index (χ1v) is 7.21. The van der Waals surface area contributed by atoms with Gasteiger partial charge in [-0.05, 0) is 12.1 Å². The normalized spacial score (nSPS) is 11.8. The molecule has 0 radical (unpaired) electrons. The van der Waals surface area contributed by atoms with Crippen molar-refractivity contribution in [2.75, 3.05) is 12.3 Å². The lowest BCUT2D eigenvalue weighted by atomic mass is 10.2. The summed E-state index contributed by atoms with van der Waals surface area (Å²) in [6.07, 6.45) is 1.58. The van der Waals surface area contributed by atoms with Crippen molar-refractivity contribution in [1.82, 2.24) is 9.71 Å². The Morgan fingerprint density at radius 1 is 1.24 bits per heavy atom. The topological polar surface area (TPSA) is 59.1 Å². The number of hydrogen-bond donors (Lipinski definition) is 2. The molecule has 0 aliphatic carbocycles. The number of para-hydroxylation sites is 1. The lowest BCUT2D eigenvalue weighted by Crippen LogP contribution is -2.25. The number of pyridine rings is 1. The van der Waals surface area contributed by atoms with Crippen molar-refractivity contribution in [2.24, 2.45) is 0 Å². The van der Waals surface area contributed by atoms with Gasteiger partial charge in [-0.25, -0.2) is 13.1 Å². The van der Waals surface area contributed by atoms with Crippen LogP contribution in [0.5, 0.6) is 0 Å². The van der Waals surface area contributed by atoms with Gasteiger partial charge in [0.1, 0.15) is 4.90 Å². The van der Waals surface area contributed by atoms with E-state index in [1.165, 1.54) is 0 Å². The maximum absolute atomic E-state index is 12.0. The summed E-state index contributed by atoms with van der Waals surface area (Å²) in [4.78, 5) is 4.32. The van der Waals surface area contributed by atoms with Gasteiger partial charge in [0, 0.05) is 23.9 Å². The summed E-state index contributed by atoms with van der Waals surface area (Å²) in [5.74, 6) is 0.456. The van der Waals surface area contributed by atoms with Crippen LogP contribution in [0.15, 0.2) is 41.4 Å². The summed E-state index contributed by atoms with van der Waals surface area (Å²) >= 11 is 3.98. The Bertz CT molecular complexity index is 621. The lowest BCUT2D eigenvalue weighted by Gasteiger charge is -2.07. The molecule has 6 heteroatoms. The van der Waals surface area contributed by atoms with E-state index in [1.807, 2.05) is 12.1 Å². The van der Waals surface area contributed by atoms with E-state index in [9.17, 15) is 8.42 Å². The Labute approximate surface area is 106 Å². The molecule has 0 aliphatic heterocycles. The molecular weight excluding hydrogens is 256 g/mol. The fourth-order valence-electron chi connectivity index (χ4n) is 1.55. The van der Waals surface area contributed by atoms with Gasteiger partial charge in [0.15, 0.2) is 0 Å². The number of rotatable bonds is 4. The quantitative estimate of drug-likeness (QED) is 0.825. The summed E-state index contributed by atoms with van der Waals surface area (Å²) in [7, 11) is -3.51. The summed E-state index contributed by atoms with van der Waals surface area (Å²) in [5.41, 5.74) is 0.488. The minimum absolute atomic E-state index is 0.206. The maximum atomic E-state index is 12.0. The molecule has 17 heavy (non-hydrogen) atoms. The third-order valence-electron chi connectivity index (χ3n) is 2.29. The number of hydrogen-bond acceptors (Lipinski definition) is 4. The zero-order chi connectivity index (χ0) is 12.3. The van der Waals surface area contributed by atoms with Gasteiger partial charge in [0.25, 0.3) is 0 Å². The molecule has 1 aromatic heterocycles. The average Bonchev–Trinajstić information content (AvgIpc) is 2.36. The third-order valence-corrected chi connectivity index (χ3v) is 4.01. The van der Waals surface area contributed by atoms with Gasteiger partial charge in [-0.2, -0.15) is 12.6 Å². The van der Waals surface area contributed by atoms with Crippen LogP contribution in [-0.2, 0) is 10.0 Å². The smallest absolute Gasteiger partial charge is 0.242 e. The van der Waals surface area contributed by atoms with E-state index in [4.69, 9.17) is 0 Å². The van der Waals surface area contributed by atoms with E-state index in [0.717, 1.165) is 5.39 Å². The van der Waals surface area contributed by atoms with Crippen molar-refractivity contribution in [2.45, 2.75) is 4.90 Å². The third kappa shape index (κ3) is 2.59. The van der Waals surface area contributed by atoms with E-state index in [2.05, 4.69) is 22.3 Å². The van der Waals surface area contributed by atoms with Gasteiger partial charge < -0.3 is 0 Å². The Kier molecular flexibility index (Phi) is 3.66. The summed E-state index contributed by atoms with van der Waals surface area (Å²) in [6, 6.07) is 8.70. The second kappa shape index (κ2) is 5.03. The minimum Gasteiger partial charge on any atom is -0.255 e. The van der Waals surface area contributed by atoms with Crippen molar-refractivity contribution >= 4 is 33.6 Å². The molecule has 4 nitrogen and oxygen atoms in total. The molecule has 0 saturated heterocycles. The number of nitrogens with zero attached hydrogens (tertiary/aromatic N) is 1. The van der Waals surface area contributed by atoms with Crippen LogP contribution < -0.4 is 4.72 Å². The van der Waals surface area contributed by atoms with E-state index in [1.54, 1.807) is 24.4 Å². The van der Waals surface area contributed by atoms with Gasteiger partial charge in [-0.15, -0.1) is 0 Å². The van der Waals surface area contributed by atoms with Gasteiger partial charge in [0.2, 0.25) is 10.0 Å². The Morgan fingerprint density at radius 3 is 2.76 bits per heavy atom. The minimum atomic E-state index is -3.51. The first kappa shape index (κ1) is 12.3. The molecular formula is C11H12N2O2S2. The standard InChI is InChI=1S/C11H12N2O2S2/c14-17(15,13-7-8-16)10-5-1-3-9-4-2-6-12-11(9)10/h1-6,13,16H,7-8H2. The zero-order valence-corrected chi connectivity index (χ0v) is 10.7. The van der Waals surface area contributed by atoms with Gasteiger partial charge >= 0.3 is 0 Å². The maximum Gasteiger partial charge on any atom is 0.242 e. The number of benzene rings is 1. The number of sulfonamides is 1. The van der Waals surface area contributed by atoms with Crippen LogP contribution in [0.25, 0.3) is 10.9 Å². The molecule has 0 fully saturated rings. The molecule has 1 N–H and O–H groups in total. The number of nitrogens with one attached hydrogen (secondary N) is 1. The lowest BCUT2D eigenvalue weighted by molar-refractivity contribution is 0.585. The zero-order valence-electron chi connectivity index (χ0n) is 9.00. The SMILES string of the molecule is O=S(=O)(NCCS)c1cccc2cccnc12. The second-order valence-electron chi connectivity index (χ2n) is 3.45. The van der Waals surface area contributed by atoms with Crippen LogP contribution in [0.1, 0.15) is 0 Å². The summed E-state index contributed by atoms with van der Waals surface area (Å²) in [5, 5.41) is 0.807. The van der Waals surface area contributed by atoms with E-state index in [-0.39, 0.29) is 4.90 Å². The van der Waals surface area contributed by atoms with Crippen LogP contribution in [-0.4, -0.2) is 25.7 Å². The first-order valence-electron chi connectivity index (χ1n) is 5.09. The predicted octanol–water partition coefficient (Wildman–Crippen LogP) is 1.44. The van der Waals surface area contributed by atoms with Crippen LogP contribution in [0.4, 0.5) is 0 Å². The molecule has 0 unspecified atom stereocenters. The number of fused-ring (bicyclic) bond motifs is 1. The van der Waals surface area contributed by atoms with Crippen molar-refractivity contribution in [1.29, 1.82) is 0 Å². The fourth-order valence-corrected chi connectivity index (χ4v) is 3.02. The summed E-state index contributed by atoms with van der Waals surface area (Å²) in [6.45, 7) is 0.300. The molecule has 90 valence electrons. The first-order chi connectivity index (χ1) is 8.15. The Morgan fingerprint density at radius 2 is 2.00 bits per heavy atom. The molecule has 0 aliphatic rings. The molecule has 0 amide bonds. The molecule has 2 rings (SSSR count). The van der Waals surface area contributed by atoms with Crippen LogP contribution in [0, 0.1) is 0 Å². The van der Waals surface area contributed by atoms with E-state index < -0.39 is 10.0 Å². The highest BCUT2D eigenvalue weighted by Crippen LogP contribution is 2.20. The molecule has 0 spiro atoms. The van der Waals surface area contributed by atoms with Crippen molar-refractivity contribution < 1.29 is 8.42 Å². The van der Waals surface area contributed by atoms with Crippen molar-refractivity contribution in [3.05, 3.63) is 36.5 Å². The fraction of sp³-hybridized carbons (Fsp3) is 0.182. The summed E-state index contributed by atoms with van der Waals surface area (Å²) < 4.78 is 26.5. The highest BCUT2D eigenvalue weighted by Gasteiger charge is 2.16. The molecule has 0 bridgehead atoms. The van der Waals surface area contributed by atoms with Gasteiger partial charge in [-0.3, -0.25) is 4.98 Å². The van der Waals surface area contributed by atoms with E-state index >= 15 is 0 Å². The van der Waals surface area contributed by atoms with Crippen molar-refractivity contribution in [3.63, 3.8) is 0 Å². The largest absolute Gasteiger partial charge is 0.255 e. The second-order valence-corrected chi connectivity index (χ2v) is 5.64. The van der Waals surface area contributed by atoms with Crippen LogP contribution in [0.2, 0.25) is 0 Å². The highest BCUT2D eigenvalue weighted by molar-refractivity contribution is 7.89. The predicted molar refractivity (Wildman–Crippen MR) is 70.8 cm³/mol. The molecule has 1 aromatic carbocycles. The van der Waals surface area contributed by atoms with Gasteiger partial charge in [0.05, 0.1) is 5.52 Å². The monoisotopic (exact) mass is 268 g/mol. The molecule has 0 saturated carbocycles. The molecule has 0 atom stereocenters. The molecule has 2 aromatic rings. The average molecular weight is 268 g/mol. The van der Waals surface area contributed by atoms with Crippen molar-refractivity contribution in [3.8, 4) is 0 Å². The number of aromatic nitrogens is 1. The van der Waals surface area contributed by atoms with Crippen LogP contribution in [0.3, 0.4) is 0 Å². The Hall–Kier alpha value is -1.11. The van der Waals surface area contributed by atoms with E-state index in [0.29, 0.717) is 17.8 Å². The van der Waals surface area contributed by atoms with Crippen LogP contribution >= 0.6 is 12.6 Å². The Balaban J connectivity index is 2.55. The number of thiol groups is 1. The van der Waals surface area contributed by atoms with Gasteiger partial charge in [-0.1, -0.05) is 18.2 Å².